The molecule has 2 aliphatic rings. The van der Waals surface area contributed by atoms with Crippen molar-refractivity contribution < 1.29 is 33.4 Å². The molecule has 0 spiro atoms. The van der Waals surface area contributed by atoms with Gasteiger partial charge < -0.3 is 14.8 Å². The lowest BCUT2D eigenvalue weighted by molar-refractivity contribution is -0.154. The fourth-order valence-corrected chi connectivity index (χ4v) is 5.03. The van der Waals surface area contributed by atoms with Gasteiger partial charge in [0.15, 0.2) is 5.78 Å². The third-order valence-electron chi connectivity index (χ3n) is 4.33. The fraction of sp³-hybridized carbons (Fsp3) is 0.421. The Morgan fingerprint density at radius 1 is 1.23 bits per heavy atom. The van der Waals surface area contributed by atoms with Crippen LogP contribution in [0.1, 0.15) is 18.7 Å². The highest BCUT2D eigenvalue weighted by atomic mass is 32.2. The molecule has 2 atom stereocenters. The highest BCUT2D eigenvalue weighted by Crippen LogP contribution is 2.40. The third kappa shape index (κ3) is 4.90. The molecule has 2 aliphatic heterocycles. The fourth-order valence-electron chi connectivity index (χ4n) is 3.00. The van der Waals surface area contributed by atoms with E-state index in [-0.39, 0.29) is 30.4 Å². The number of nitrogens with zero attached hydrogens (tertiary/aromatic N) is 1. The molecule has 160 valence electrons. The molecular weight excluding hydrogens is 432 g/mol. The van der Waals surface area contributed by atoms with Gasteiger partial charge in [0.2, 0.25) is 5.91 Å². The lowest BCUT2D eigenvalue weighted by Gasteiger charge is -2.49. The Morgan fingerprint density at radius 2 is 2.00 bits per heavy atom. The van der Waals surface area contributed by atoms with E-state index in [0.717, 1.165) is 4.88 Å². The summed E-state index contributed by atoms with van der Waals surface area (Å²) < 4.78 is 9.98. The van der Waals surface area contributed by atoms with Crippen LogP contribution in [0.25, 0.3) is 0 Å². The summed E-state index contributed by atoms with van der Waals surface area (Å²) in [6.45, 7) is 1.92. The van der Waals surface area contributed by atoms with Crippen LogP contribution in [0.5, 0.6) is 0 Å². The number of fused-ring (bicyclic) bond motifs is 1. The first kappa shape index (κ1) is 22.0. The smallest absolute Gasteiger partial charge is 0.355 e. The number of ether oxygens (including phenoxy) is 2. The lowest BCUT2D eigenvalue weighted by Crippen LogP contribution is -2.70. The number of thioether (sulfide) groups is 1. The summed E-state index contributed by atoms with van der Waals surface area (Å²) in [6.07, 6.45) is 0.167. The molecule has 1 N–H and O–H groups in total. The number of Topliss-reactive ketones (excluding diaryl/α,β-unsaturated/α-hetero) is 1. The van der Waals surface area contributed by atoms with Crippen molar-refractivity contribution in [3.05, 3.63) is 33.7 Å². The van der Waals surface area contributed by atoms with Gasteiger partial charge in [0.25, 0.3) is 5.91 Å². The molecule has 1 aromatic heterocycles. The van der Waals surface area contributed by atoms with Crippen molar-refractivity contribution in [3.63, 3.8) is 0 Å². The number of hydrogen-bond acceptors (Lipinski definition) is 9. The number of hydrogen-bond donors (Lipinski definition) is 1. The van der Waals surface area contributed by atoms with Gasteiger partial charge in [-0.05, 0) is 18.4 Å². The predicted octanol–water partition coefficient (Wildman–Crippen LogP) is 0.640. The molecule has 0 saturated carbocycles. The van der Waals surface area contributed by atoms with Crippen molar-refractivity contribution in [2.24, 2.45) is 0 Å². The zero-order valence-corrected chi connectivity index (χ0v) is 18.0. The largest absolute Gasteiger partial charge is 0.461 e. The summed E-state index contributed by atoms with van der Waals surface area (Å²) in [5.41, 5.74) is 0.381. The van der Waals surface area contributed by atoms with Crippen molar-refractivity contribution in [2.45, 2.75) is 31.7 Å². The summed E-state index contributed by atoms with van der Waals surface area (Å²) in [5.74, 6) is -2.15. The van der Waals surface area contributed by atoms with Crippen LogP contribution < -0.4 is 5.32 Å². The predicted molar refractivity (Wildman–Crippen MR) is 108 cm³/mol. The zero-order chi connectivity index (χ0) is 21.8. The first-order valence-corrected chi connectivity index (χ1v) is 11.0. The van der Waals surface area contributed by atoms with Gasteiger partial charge >= 0.3 is 11.9 Å². The number of esters is 2. The van der Waals surface area contributed by atoms with E-state index in [1.807, 2.05) is 17.5 Å². The van der Waals surface area contributed by atoms with Crippen LogP contribution in [-0.2, 0) is 39.9 Å². The minimum atomic E-state index is -0.839. The summed E-state index contributed by atoms with van der Waals surface area (Å²) in [6, 6.07) is 2.91. The average Bonchev–Trinajstić information content (AvgIpc) is 3.20. The summed E-state index contributed by atoms with van der Waals surface area (Å²) in [4.78, 5) is 62.1. The Kier molecular flexibility index (Phi) is 6.93. The van der Waals surface area contributed by atoms with E-state index in [2.05, 4.69) is 5.32 Å². The van der Waals surface area contributed by atoms with Crippen molar-refractivity contribution >= 4 is 52.6 Å². The van der Waals surface area contributed by atoms with Gasteiger partial charge in [0.1, 0.15) is 30.3 Å². The van der Waals surface area contributed by atoms with Crippen molar-refractivity contribution in [2.75, 3.05) is 19.0 Å². The molecule has 0 radical (unpaired) electrons. The van der Waals surface area contributed by atoms with Crippen LogP contribution in [0, 0.1) is 0 Å². The molecule has 1 aromatic rings. The second-order valence-electron chi connectivity index (χ2n) is 6.72. The average molecular weight is 453 g/mol. The molecule has 30 heavy (non-hydrogen) atoms. The minimum Gasteiger partial charge on any atom is -0.461 e. The number of β-lactam (4-membered cyclic amide) rings is 1. The molecule has 0 aliphatic carbocycles. The maximum Gasteiger partial charge on any atom is 0.355 e. The van der Waals surface area contributed by atoms with E-state index >= 15 is 0 Å². The second-order valence-corrected chi connectivity index (χ2v) is 8.86. The van der Waals surface area contributed by atoms with Gasteiger partial charge in [-0.15, -0.1) is 23.1 Å². The van der Waals surface area contributed by atoms with Crippen LogP contribution in [-0.4, -0.2) is 64.8 Å². The standard InChI is InChI=1S/C19H20N2O7S2/c1-10(22)7-28-19(26)16-12(8-27-11(2)23)9-30-18-15(17(25)21(16)18)20-14(24)6-13-4-3-5-29-13/h3-5,15,18H,6-9H2,1-2H3,(H,20,24)/t15-,18-/m1/s1. The van der Waals surface area contributed by atoms with Gasteiger partial charge in [0.05, 0.1) is 6.42 Å². The summed E-state index contributed by atoms with van der Waals surface area (Å²) in [7, 11) is 0. The highest BCUT2D eigenvalue weighted by molar-refractivity contribution is 8.00. The summed E-state index contributed by atoms with van der Waals surface area (Å²) in [5, 5.41) is 4.10. The molecular formula is C19H20N2O7S2. The Morgan fingerprint density at radius 3 is 2.63 bits per heavy atom. The molecule has 3 rings (SSSR count). The van der Waals surface area contributed by atoms with Gasteiger partial charge in [-0.3, -0.25) is 24.1 Å². The molecule has 11 heteroatoms. The van der Waals surface area contributed by atoms with E-state index in [0.29, 0.717) is 11.3 Å². The van der Waals surface area contributed by atoms with Crippen molar-refractivity contribution in [3.8, 4) is 0 Å². The first-order chi connectivity index (χ1) is 14.3. The quantitative estimate of drug-likeness (QED) is 0.451. The molecule has 0 unspecified atom stereocenters. The van der Waals surface area contributed by atoms with Gasteiger partial charge in [-0.1, -0.05) is 6.07 Å². The minimum absolute atomic E-state index is 0.0324. The number of ketones is 1. The number of rotatable bonds is 8. The van der Waals surface area contributed by atoms with E-state index < -0.39 is 35.9 Å². The highest BCUT2D eigenvalue weighted by Gasteiger charge is 2.54. The summed E-state index contributed by atoms with van der Waals surface area (Å²) >= 11 is 2.80. The van der Waals surface area contributed by atoms with Crippen LogP contribution in [0.15, 0.2) is 28.8 Å². The van der Waals surface area contributed by atoms with E-state index in [9.17, 15) is 24.0 Å². The Bertz CT molecular complexity index is 910. The number of amides is 2. The second kappa shape index (κ2) is 9.43. The van der Waals surface area contributed by atoms with Crippen LogP contribution in [0.3, 0.4) is 0 Å². The Balaban J connectivity index is 1.73. The number of carbonyl (C=O) groups is 5. The topological polar surface area (TPSA) is 119 Å². The monoisotopic (exact) mass is 452 g/mol. The molecule has 0 aromatic carbocycles. The number of carbonyl (C=O) groups excluding carboxylic acids is 5. The number of nitrogens with one attached hydrogen (secondary N) is 1. The normalized spacial score (nSPS) is 20.2. The van der Waals surface area contributed by atoms with E-state index in [4.69, 9.17) is 9.47 Å². The molecule has 9 nitrogen and oxygen atoms in total. The Labute approximate surface area is 180 Å². The van der Waals surface area contributed by atoms with Crippen LogP contribution in [0.2, 0.25) is 0 Å². The van der Waals surface area contributed by atoms with Crippen molar-refractivity contribution in [1.29, 1.82) is 0 Å². The molecule has 1 saturated heterocycles. The third-order valence-corrected chi connectivity index (χ3v) is 6.54. The van der Waals surface area contributed by atoms with Crippen molar-refractivity contribution in [1.82, 2.24) is 10.2 Å². The molecule has 1 fully saturated rings. The number of thiophene rings is 1. The van der Waals surface area contributed by atoms with Crippen LogP contribution in [0.4, 0.5) is 0 Å². The van der Waals surface area contributed by atoms with Gasteiger partial charge in [-0.25, -0.2) is 4.79 Å². The van der Waals surface area contributed by atoms with Gasteiger partial charge in [-0.2, -0.15) is 0 Å². The Hall–Kier alpha value is -2.66. The SMILES string of the molecule is CC(=O)COC(=O)C1=C(COC(C)=O)CS[C@@H]2[C@H](NC(=O)Cc3cccs3)C(=O)N12. The maximum absolute atomic E-state index is 12.8. The van der Waals surface area contributed by atoms with Crippen LogP contribution >= 0.6 is 23.1 Å². The molecule has 0 bridgehead atoms. The van der Waals surface area contributed by atoms with Gasteiger partial charge in [0, 0.05) is 23.1 Å². The van der Waals surface area contributed by atoms with E-state index in [1.54, 1.807) is 0 Å². The molecule has 2 amide bonds. The zero-order valence-electron chi connectivity index (χ0n) is 16.3. The maximum atomic E-state index is 12.8. The lowest BCUT2D eigenvalue weighted by atomic mass is 10.0. The van der Waals surface area contributed by atoms with E-state index in [1.165, 1.54) is 41.8 Å². The molecule has 3 heterocycles. The first-order valence-electron chi connectivity index (χ1n) is 9.06.